The third-order valence-electron chi connectivity index (χ3n) is 6.16. The summed E-state index contributed by atoms with van der Waals surface area (Å²) in [4.78, 5) is 40.6. The lowest BCUT2D eigenvalue weighted by Gasteiger charge is -2.41. The van der Waals surface area contributed by atoms with E-state index in [1.807, 2.05) is 11.0 Å². The van der Waals surface area contributed by atoms with Crippen molar-refractivity contribution >= 4 is 35.1 Å². The van der Waals surface area contributed by atoms with Gasteiger partial charge >= 0.3 is 6.03 Å². The molecular weight excluding hydrogens is 394 g/mol. The summed E-state index contributed by atoms with van der Waals surface area (Å²) in [6.07, 6.45) is 2.71. The normalized spacial score (nSPS) is 22.1. The summed E-state index contributed by atoms with van der Waals surface area (Å²) in [5.41, 5.74) is 3.42. The van der Waals surface area contributed by atoms with Crippen molar-refractivity contribution in [3.63, 3.8) is 0 Å². The maximum atomic E-state index is 12.9. The van der Waals surface area contributed by atoms with Gasteiger partial charge in [-0.2, -0.15) is 0 Å². The Labute approximate surface area is 175 Å². The van der Waals surface area contributed by atoms with Crippen LogP contribution in [0.3, 0.4) is 0 Å². The second kappa shape index (κ2) is 7.84. The number of halogens is 1. The Balaban J connectivity index is 1.34. The molecular formula is C20H26ClN5O3. The van der Waals surface area contributed by atoms with Gasteiger partial charge in [0.2, 0.25) is 11.8 Å². The fraction of sp³-hybridized carbons (Fsp3) is 0.550. The summed E-state index contributed by atoms with van der Waals surface area (Å²) >= 11 is 6.05. The number of likely N-dealkylation sites (tertiary alicyclic amines) is 2. The zero-order valence-electron chi connectivity index (χ0n) is 16.5. The predicted molar refractivity (Wildman–Crippen MR) is 109 cm³/mol. The summed E-state index contributed by atoms with van der Waals surface area (Å²) in [5, 5.41) is 5.10. The van der Waals surface area contributed by atoms with E-state index in [9.17, 15) is 14.4 Å². The number of benzene rings is 1. The van der Waals surface area contributed by atoms with Gasteiger partial charge in [-0.15, -0.1) is 0 Å². The van der Waals surface area contributed by atoms with Crippen LogP contribution in [-0.2, 0) is 9.59 Å². The molecule has 4 rings (SSSR count). The molecule has 3 aliphatic rings. The summed E-state index contributed by atoms with van der Waals surface area (Å²) in [6.45, 7) is 4.04. The minimum atomic E-state index is -0.547. The van der Waals surface area contributed by atoms with Crippen LogP contribution in [0.25, 0.3) is 0 Å². The van der Waals surface area contributed by atoms with E-state index < -0.39 is 5.66 Å². The van der Waals surface area contributed by atoms with Crippen LogP contribution >= 0.6 is 11.6 Å². The molecule has 0 aliphatic carbocycles. The largest absolute Gasteiger partial charge is 0.343 e. The predicted octanol–water partition coefficient (Wildman–Crippen LogP) is 1.95. The quantitative estimate of drug-likeness (QED) is 0.767. The van der Waals surface area contributed by atoms with Crippen LogP contribution < -0.4 is 15.8 Å². The van der Waals surface area contributed by atoms with Gasteiger partial charge in [0.15, 0.2) is 0 Å². The van der Waals surface area contributed by atoms with Crippen LogP contribution in [0.15, 0.2) is 24.3 Å². The van der Waals surface area contributed by atoms with Crippen LogP contribution in [0.2, 0.25) is 5.02 Å². The number of amides is 4. The summed E-state index contributed by atoms with van der Waals surface area (Å²) in [7, 11) is 0. The van der Waals surface area contributed by atoms with Crippen molar-refractivity contribution in [1.82, 2.24) is 20.5 Å². The molecule has 0 radical (unpaired) electrons. The van der Waals surface area contributed by atoms with Gasteiger partial charge in [-0.3, -0.25) is 9.59 Å². The first-order valence-electron chi connectivity index (χ1n) is 10.1. The molecule has 1 spiro atoms. The lowest BCUT2D eigenvalue weighted by molar-refractivity contribution is -0.141. The number of hydrogen-bond acceptors (Lipinski definition) is 4. The van der Waals surface area contributed by atoms with Gasteiger partial charge in [-0.25, -0.2) is 15.2 Å². The molecule has 1 aromatic carbocycles. The molecule has 29 heavy (non-hydrogen) atoms. The number of carbonyl (C=O) groups excluding carboxylic acids is 3. The van der Waals surface area contributed by atoms with Crippen LogP contribution in [0.1, 0.15) is 32.6 Å². The first kappa shape index (κ1) is 20.0. The molecule has 9 heteroatoms. The van der Waals surface area contributed by atoms with Crippen molar-refractivity contribution in [2.24, 2.45) is 5.92 Å². The van der Waals surface area contributed by atoms with Crippen LogP contribution in [-0.4, -0.2) is 59.5 Å². The molecule has 0 aromatic heterocycles. The monoisotopic (exact) mass is 419 g/mol. The highest BCUT2D eigenvalue weighted by Crippen LogP contribution is 2.30. The van der Waals surface area contributed by atoms with E-state index >= 15 is 0 Å². The standard InChI is InChI=1S/C20H26ClN5O3/c1-14(27)24-9-5-15(6-10-24)18(28)25-11-7-20(8-12-25)22-19(29)26(23-20)17-4-2-3-16(21)13-17/h2-4,13,15,23H,5-12H2,1H3,(H,22,29). The van der Waals surface area contributed by atoms with E-state index in [1.54, 1.807) is 30.0 Å². The summed E-state index contributed by atoms with van der Waals surface area (Å²) in [6, 6.07) is 6.91. The number of piperidine rings is 2. The summed E-state index contributed by atoms with van der Waals surface area (Å²) in [5.74, 6) is 0.218. The number of anilines is 1. The van der Waals surface area contributed by atoms with Crippen molar-refractivity contribution in [2.75, 3.05) is 31.2 Å². The minimum absolute atomic E-state index is 0.0197. The molecule has 4 amide bonds. The Morgan fingerprint density at radius 3 is 2.41 bits per heavy atom. The van der Waals surface area contributed by atoms with E-state index in [1.165, 1.54) is 5.01 Å². The first-order valence-corrected chi connectivity index (χ1v) is 10.4. The van der Waals surface area contributed by atoms with Gasteiger partial charge in [-0.1, -0.05) is 17.7 Å². The Morgan fingerprint density at radius 1 is 1.10 bits per heavy atom. The highest BCUT2D eigenvalue weighted by atomic mass is 35.5. The Bertz CT molecular complexity index is 816. The maximum absolute atomic E-state index is 12.9. The van der Waals surface area contributed by atoms with Crippen molar-refractivity contribution in [2.45, 2.75) is 38.3 Å². The molecule has 0 bridgehead atoms. The van der Waals surface area contributed by atoms with E-state index in [0.29, 0.717) is 49.7 Å². The van der Waals surface area contributed by atoms with Crippen LogP contribution in [0, 0.1) is 5.92 Å². The number of nitrogens with zero attached hydrogens (tertiary/aromatic N) is 3. The van der Waals surface area contributed by atoms with Gasteiger partial charge in [0.1, 0.15) is 5.66 Å². The molecule has 3 saturated heterocycles. The van der Waals surface area contributed by atoms with Crippen LogP contribution in [0.5, 0.6) is 0 Å². The van der Waals surface area contributed by atoms with E-state index in [2.05, 4.69) is 10.7 Å². The van der Waals surface area contributed by atoms with Crippen molar-refractivity contribution in [3.05, 3.63) is 29.3 Å². The Hall–Kier alpha value is -2.32. The fourth-order valence-electron chi connectivity index (χ4n) is 4.40. The molecule has 3 fully saturated rings. The third-order valence-corrected chi connectivity index (χ3v) is 6.39. The molecule has 1 aromatic rings. The van der Waals surface area contributed by atoms with Crippen molar-refractivity contribution < 1.29 is 14.4 Å². The lowest BCUT2D eigenvalue weighted by Crippen LogP contribution is -2.59. The van der Waals surface area contributed by atoms with E-state index in [-0.39, 0.29) is 23.8 Å². The number of urea groups is 1. The molecule has 0 unspecified atom stereocenters. The highest BCUT2D eigenvalue weighted by molar-refractivity contribution is 6.30. The Kier molecular flexibility index (Phi) is 5.40. The number of hydrazine groups is 1. The second-order valence-electron chi connectivity index (χ2n) is 8.04. The molecule has 156 valence electrons. The number of hydrogen-bond donors (Lipinski definition) is 2. The maximum Gasteiger partial charge on any atom is 0.338 e. The van der Waals surface area contributed by atoms with Gasteiger partial charge < -0.3 is 15.1 Å². The minimum Gasteiger partial charge on any atom is -0.343 e. The van der Waals surface area contributed by atoms with Crippen LogP contribution in [0.4, 0.5) is 10.5 Å². The SMILES string of the molecule is CC(=O)N1CCC(C(=O)N2CCC3(CC2)NC(=O)N(c2cccc(Cl)c2)N3)CC1. The molecule has 3 heterocycles. The van der Waals surface area contributed by atoms with Crippen molar-refractivity contribution in [1.29, 1.82) is 0 Å². The van der Waals surface area contributed by atoms with Gasteiger partial charge in [0.25, 0.3) is 0 Å². The summed E-state index contributed by atoms with van der Waals surface area (Å²) < 4.78 is 0. The number of nitrogens with one attached hydrogen (secondary N) is 2. The average molecular weight is 420 g/mol. The van der Waals surface area contributed by atoms with E-state index in [4.69, 9.17) is 11.6 Å². The smallest absolute Gasteiger partial charge is 0.338 e. The topological polar surface area (TPSA) is 85.0 Å². The first-order chi connectivity index (χ1) is 13.9. The lowest BCUT2D eigenvalue weighted by atomic mass is 9.92. The number of rotatable bonds is 2. The third kappa shape index (κ3) is 4.04. The van der Waals surface area contributed by atoms with E-state index in [0.717, 1.165) is 12.8 Å². The molecule has 2 N–H and O–H groups in total. The molecule has 0 saturated carbocycles. The fourth-order valence-corrected chi connectivity index (χ4v) is 4.58. The number of carbonyl (C=O) groups is 3. The van der Waals surface area contributed by atoms with Crippen molar-refractivity contribution in [3.8, 4) is 0 Å². The zero-order valence-corrected chi connectivity index (χ0v) is 17.2. The molecule has 3 aliphatic heterocycles. The Morgan fingerprint density at radius 2 is 1.79 bits per heavy atom. The van der Waals surface area contributed by atoms with Gasteiger partial charge in [0, 0.05) is 56.9 Å². The zero-order chi connectivity index (χ0) is 20.6. The highest BCUT2D eigenvalue weighted by Gasteiger charge is 2.46. The average Bonchev–Trinajstić information content (AvgIpc) is 3.04. The van der Waals surface area contributed by atoms with Gasteiger partial charge in [-0.05, 0) is 31.0 Å². The molecule has 0 atom stereocenters. The molecule has 8 nitrogen and oxygen atoms in total. The van der Waals surface area contributed by atoms with Gasteiger partial charge in [0.05, 0.1) is 5.69 Å². The second-order valence-corrected chi connectivity index (χ2v) is 8.48.